The summed E-state index contributed by atoms with van der Waals surface area (Å²) in [5, 5.41) is 0. The Morgan fingerprint density at radius 2 is 1.35 bits per heavy atom. The van der Waals surface area contributed by atoms with E-state index in [0.29, 0.717) is 6.61 Å². The average molecular weight is 226 g/mol. The normalized spacial score (nSPS) is 10.5. The molecule has 0 aliphatic heterocycles. The Hall–Kier alpha value is -1.60. The fourth-order valence-corrected chi connectivity index (χ4v) is 2.16. The van der Waals surface area contributed by atoms with E-state index in [1.165, 1.54) is 22.3 Å². The van der Waals surface area contributed by atoms with Crippen molar-refractivity contribution in [2.45, 2.75) is 20.0 Å². The first-order chi connectivity index (χ1) is 8.36. The molecule has 0 radical (unpaired) electrons. The van der Waals surface area contributed by atoms with E-state index in [1.807, 2.05) is 0 Å². The van der Waals surface area contributed by atoms with Gasteiger partial charge in [0.25, 0.3) is 0 Å². The highest BCUT2D eigenvalue weighted by Crippen LogP contribution is 2.27. The zero-order valence-corrected chi connectivity index (χ0v) is 10.4. The summed E-state index contributed by atoms with van der Waals surface area (Å²) in [7, 11) is 1.74. The molecule has 1 heteroatoms. The molecule has 0 aliphatic rings. The van der Waals surface area contributed by atoms with E-state index < -0.39 is 0 Å². The molecule has 2 aromatic rings. The SMILES string of the molecule is CCc1ccccc1-c1ccccc1COC. The lowest BCUT2D eigenvalue weighted by atomic mass is 9.94. The topological polar surface area (TPSA) is 9.23 Å². The second-order valence-electron chi connectivity index (χ2n) is 4.10. The molecular weight excluding hydrogens is 208 g/mol. The third-order valence-corrected chi connectivity index (χ3v) is 3.01. The van der Waals surface area contributed by atoms with Gasteiger partial charge in [-0.05, 0) is 28.7 Å². The predicted octanol–water partition coefficient (Wildman–Crippen LogP) is 4.06. The quantitative estimate of drug-likeness (QED) is 0.763. The van der Waals surface area contributed by atoms with Crippen molar-refractivity contribution in [2.24, 2.45) is 0 Å². The van der Waals surface area contributed by atoms with Gasteiger partial charge in [0.15, 0.2) is 0 Å². The Labute approximate surface area is 103 Å². The Balaban J connectivity index is 2.52. The summed E-state index contributed by atoms with van der Waals surface area (Å²) >= 11 is 0. The smallest absolute Gasteiger partial charge is 0.0719 e. The van der Waals surface area contributed by atoms with E-state index in [9.17, 15) is 0 Å². The number of ether oxygens (including phenoxy) is 1. The minimum Gasteiger partial charge on any atom is -0.380 e. The number of methoxy groups -OCH3 is 1. The predicted molar refractivity (Wildman–Crippen MR) is 72.0 cm³/mol. The van der Waals surface area contributed by atoms with Crippen molar-refractivity contribution >= 4 is 0 Å². The molecule has 0 aliphatic carbocycles. The van der Waals surface area contributed by atoms with E-state index in [4.69, 9.17) is 4.74 Å². The van der Waals surface area contributed by atoms with E-state index in [-0.39, 0.29) is 0 Å². The van der Waals surface area contributed by atoms with Crippen molar-refractivity contribution in [3.63, 3.8) is 0 Å². The Morgan fingerprint density at radius 1 is 0.824 bits per heavy atom. The van der Waals surface area contributed by atoms with Crippen LogP contribution in [0.5, 0.6) is 0 Å². The molecule has 1 nitrogen and oxygen atoms in total. The average Bonchev–Trinajstić information content (AvgIpc) is 2.40. The van der Waals surface area contributed by atoms with Crippen molar-refractivity contribution in [3.05, 3.63) is 59.7 Å². The van der Waals surface area contributed by atoms with Crippen LogP contribution in [0.1, 0.15) is 18.1 Å². The Kier molecular flexibility index (Phi) is 3.94. The molecule has 0 saturated heterocycles. The zero-order valence-electron chi connectivity index (χ0n) is 10.4. The third kappa shape index (κ3) is 2.56. The van der Waals surface area contributed by atoms with Crippen LogP contribution in [0.15, 0.2) is 48.5 Å². The van der Waals surface area contributed by atoms with Crippen LogP contribution in [-0.4, -0.2) is 7.11 Å². The van der Waals surface area contributed by atoms with Crippen molar-refractivity contribution in [1.82, 2.24) is 0 Å². The van der Waals surface area contributed by atoms with Gasteiger partial charge in [-0.15, -0.1) is 0 Å². The molecule has 0 heterocycles. The largest absolute Gasteiger partial charge is 0.380 e. The number of hydrogen-bond acceptors (Lipinski definition) is 1. The second kappa shape index (κ2) is 5.65. The van der Waals surface area contributed by atoms with Gasteiger partial charge in [0, 0.05) is 7.11 Å². The van der Waals surface area contributed by atoms with Gasteiger partial charge in [-0.3, -0.25) is 0 Å². The summed E-state index contributed by atoms with van der Waals surface area (Å²) in [4.78, 5) is 0. The Morgan fingerprint density at radius 3 is 1.94 bits per heavy atom. The molecule has 17 heavy (non-hydrogen) atoms. The maximum Gasteiger partial charge on any atom is 0.0719 e. The van der Waals surface area contributed by atoms with Gasteiger partial charge in [-0.25, -0.2) is 0 Å². The standard InChI is InChI=1S/C16H18O/c1-3-13-8-4-6-10-15(13)16-11-7-5-9-14(16)12-17-2/h4-11H,3,12H2,1-2H3. The molecule has 2 aromatic carbocycles. The van der Waals surface area contributed by atoms with E-state index in [2.05, 4.69) is 55.5 Å². The summed E-state index contributed by atoms with van der Waals surface area (Å²) in [6, 6.07) is 17.0. The van der Waals surface area contributed by atoms with Crippen LogP contribution in [0, 0.1) is 0 Å². The molecule has 0 bridgehead atoms. The Bertz CT molecular complexity index is 488. The van der Waals surface area contributed by atoms with Crippen molar-refractivity contribution in [2.75, 3.05) is 7.11 Å². The van der Waals surface area contributed by atoms with Gasteiger partial charge < -0.3 is 4.74 Å². The van der Waals surface area contributed by atoms with E-state index >= 15 is 0 Å². The van der Waals surface area contributed by atoms with Crippen molar-refractivity contribution < 1.29 is 4.74 Å². The molecule has 0 spiro atoms. The van der Waals surface area contributed by atoms with E-state index in [1.54, 1.807) is 7.11 Å². The maximum absolute atomic E-state index is 5.26. The molecular formula is C16H18O. The minimum absolute atomic E-state index is 0.661. The molecule has 0 atom stereocenters. The molecule has 0 aromatic heterocycles. The highest BCUT2D eigenvalue weighted by Gasteiger charge is 2.07. The minimum atomic E-state index is 0.661. The summed E-state index contributed by atoms with van der Waals surface area (Å²) in [5.74, 6) is 0. The first-order valence-electron chi connectivity index (χ1n) is 6.02. The van der Waals surface area contributed by atoms with Gasteiger partial charge >= 0.3 is 0 Å². The van der Waals surface area contributed by atoms with Crippen LogP contribution in [0.4, 0.5) is 0 Å². The lowest BCUT2D eigenvalue weighted by Gasteiger charge is -2.12. The van der Waals surface area contributed by atoms with Crippen molar-refractivity contribution in [3.8, 4) is 11.1 Å². The van der Waals surface area contributed by atoms with Gasteiger partial charge in [0.1, 0.15) is 0 Å². The summed E-state index contributed by atoms with van der Waals surface area (Å²) < 4.78 is 5.26. The van der Waals surface area contributed by atoms with Crippen LogP contribution < -0.4 is 0 Å². The molecule has 0 N–H and O–H groups in total. The second-order valence-corrected chi connectivity index (χ2v) is 4.10. The first-order valence-corrected chi connectivity index (χ1v) is 6.02. The summed E-state index contributed by atoms with van der Waals surface area (Å²) in [6.07, 6.45) is 1.05. The number of benzene rings is 2. The number of hydrogen-bond donors (Lipinski definition) is 0. The highest BCUT2D eigenvalue weighted by molar-refractivity contribution is 5.70. The van der Waals surface area contributed by atoms with Crippen LogP contribution in [0.3, 0.4) is 0 Å². The maximum atomic E-state index is 5.26. The van der Waals surface area contributed by atoms with Crippen LogP contribution in [0.2, 0.25) is 0 Å². The first kappa shape index (κ1) is 11.9. The molecule has 0 fully saturated rings. The van der Waals surface area contributed by atoms with Crippen LogP contribution >= 0.6 is 0 Å². The fourth-order valence-electron chi connectivity index (χ4n) is 2.16. The van der Waals surface area contributed by atoms with Crippen molar-refractivity contribution in [1.29, 1.82) is 0 Å². The molecule has 0 unspecified atom stereocenters. The van der Waals surface area contributed by atoms with Gasteiger partial charge in [-0.1, -0.05) is 55.5 Å². The van der Waals surface area contributed by atoms with Crippen LogP contribution in [-0.2, 0) is 17.8 Å². The monoisotopic (exact) mass is 226 g/mol. The number of aryl methyl sites for hydroxylation is 1. The lowest BCUT2D eigenvalue weighted by Crippen LogP contribution is -1.94. The third-order valence-electron chi connectivity index (χ3n) is 3.01. The lowest BCUT2D eigenvalue weighted by molar-refractivity contribution is 0.185. The molecule has 2 rings (SSSR count). The van der Waals surface area contributed by atoms with Gasteiger partial charge in [0.2, 0.25) is 0 Å². The van der Waals surface area contributed by atoms with Gasteiger partial charge in [0.05, 0.1) is 6.61 Å². The zero-order chi connectivity index (χ0) is 12.1. The molecule has 0 amide bonds. The highest BCUT2D eigenvalue weighted by atomic mass is 16.5. The molecule has 88 valence electrons. The van der Waals surface area contributed by atoms with Gasteiger partial charge in [-0.2, -0.15) is 0 Å². The number of rotatable bonds is 4. The van der Waals surface area contributed by atoms with Crippen LogP contribution in [0.25, 0.3) is 11.1 Å². The van der Waals surface area contributed by atoms with E-state index in [0.717, 1.165) is 6.42 Å². The summed E-state index contributed by atoms with van der Waals surface area (Å²) in [6.45, 7) is 2.85. The fraction of sp³-hybridized carbons (Fsp3) is 0.250. The summed E-state index contributed by atoms with van der Waals surface area (Å²) in [5.41, 5.74) is 5.24. The molecule has 0 saturated carbocycles.